The van der Waals surface area contributed by atoms with Crippen molar-refractivity contribution in [1.82, 2.24) is 14.9 Å². The molecular formula is C25H25F4N3O3. The predicted molar refractivity (Wildman–Crippen MR) is 121 cm³/mol. The third-order valence-electron chi connectivity index (χ3n) is 6.39. The molecule has 3 aromatic rings. The zero-order valence-corrected chi connectivity index (χ0v) is 19.0. The van der Waals surface area contributed by atoms with E-state index >= 15 is 0 Å². The molecule has 0 amide bonds. The summed E-state index contributed by atoms with van der Waals surface area (Å²) in [7, 11) is 1.75. The van der Waals surface area contributed by atoms with Crippen molar-refractivity contribution >= 4 is 5.97 Å². The number of hydrogen-bond donors (Lipinski definition) is 2. The Morgan fingerprint density at radius 1 is 1.17 bits per heavy atom. The second kappa shape index (κ2) is 10.1. The molecule has 2 heterocycles. The number of carboxylic acids is 1. The lowest BCUT2D eigenvalue weighted by atomic mass is 9.86. The van der Waals surface area contributed by atoms with Crippen LogP contribution in [0.3, 0.4) is 0 Å². The van der Waals surface area contributed by atoms with Crippen molar-refractivity contribution < 1.29 is 32.2 Å². The van der Waals surface area contributed by atoms with E-state index in [0.717, 1.165) is 55.9 Å². The Morgan fingerprint density at radius 3 is 2.60 bits per heavy atom. The largest absolute Gasteiger partial charge is 0.496 e. The number of benzene rings is 2. The highest BCUT2D eigenvalue weighted by atomic mass is 19.4. The number of rotatable bonds is 3. The van der Waals surface area contributed by atoms with E-state index < -0.39 is 12.1 Å². The van der Waals surface area contributed by atoms with Crippen molar-refractivity contribution in [3.8, 4) is 17.1 Å². The van der Waals surface area contributed by atoms with Crippen molar-refractivity contribution in [1.29, 1.82) is 0 Å². The van der Waals surface area contributed by atoms with Crippen LogP contribution in [0.25, 0.3) is 11.4 Å². The summed E-state index contributed by atoms with van der Waals surface area (Å²) >= 11 is 0. The number of alkyl halides is 3. The third kappa shape index (κ3) is 5.48. The van der Waals surface area contributed by atoms with Gasteiger partial charge in [0.15, 0.2) is 0 Å². The number of H-pyrrole nitrogens is 1. The number of halogens is 4. The standard InChI is InChI=1S/C23H24FN3O.C2HF3O2/c1-28-22-8-4-5-15-9-10-16(13-18(15)22)27-12-11-20-21(14-27)26-23(25-20)17-6-2-3-7-19(17)24;3-2(4,5)1(6)7/h2-8,16H,9-14H2,1H3,(H,25,26);(H,6,7). The van der Waals surface area contributed by atoms with Gasteiger partial charge in [0.25, 0.3) is 0 Å². The fourth-order valence-electron chi connectivity index (χ4n) is 4.65. The van der Waals surface area contributed by atoms with Crippen LogP contribution in [0.5, 0.6) is 5.75 Å². The van der Waals surface area contributed by atoms with Gasteiger partial charge in [-0.3, -0.25) is 4.90 Å². The highest BCUT2D eigenvalue weighted by molar-refractivity contribution is 5.73. The van der Waals surface area contributed by atoms with Gasteiger partial charge in [-0.1, -0.05) is 24.3 Å². The first-order valence-corrected chi connectivity index (χ1v) is 11.2. The van der Waals surface area contributed by atoms with Crippen LogP contribution in [-0.4, -0.2) is 51.8 Å². The molecule has 1 aromatic heterocycles. The fraction of sp³-hybridized carbons (Fsp3) is 0.360. The molecule has 0 spiro atoms. The molecule has 1 unspecified atom stereocenters. The summed E-state index contributed by atoms with van der Waals surface area (Å²) in [4.78, 5) is 19.5. The maximum Gasteiger partial charge on any atom is 0.490 e. The lowest BCUT2D eigenvalue weighted by Gasteiger charge is -2.37. The molecule has 1 atom stereocenters. The maximum atomic E-state index is 14.1. The van der Waals surface area contributed by atoms with Gasteiger partial charge in [-0.15, -0.1) is 0 Å². The fourth-order valence-corrected chi connectivity index (χ4v) is 4.65. The Morgan fingerprint density at radius 2 is 1.91 bits per heavy atom. The highest BCUT2D eigenvalue weighted by Crippen LogP contribution is 2.33. The summed E-state index contributed by atoms with van der Waals surface area (Å²) in [5.41, 5.74) is 5.50. The van der Waals surface area contributed by atoms with Gasteiger partial charge in [-0.05, 0) is 48.6 Å². The first kappa shape index (κ1) is 24.7. The Kier molecular flexibility index (Phi) is 7.11. The minimum absolute atomic E-state index is 0.235. The minimum Gasteiger partial charge on any atom is -0.496 e. The Hall–Kier alpha value is -3.40. The molecule has 2 N–H and O–H groups in total. The number of carboxylic acid groups (broad SMARTS) is 1. The Labute approximate surface area is 199 Å². The number of hydrogen-bond acceptors (Lipinski definition) is 4. The van der Waals surface area contributed by atoms with Gasteiger partial charge in [0.1, 0.15) is 17.4 Å². The van der Waals surface area contributed by atoms with E-state index in [1.165, 1.54) is 17.2 Å². The van der Waals surface area contributed by atoms with Crippen LogP contribution in [0.4, 0.5) is 17.6 Å². The van der Waals surface area contributed by atoms with Crippen LogP contribution < -0.4 is 4.74 Å². The average molecular weight is 491 g/mol. The number of methoxy groups -OCH3 is 1. The Balaban J connectivity index is 0.000000364. The first-order valence-electron chi connectivity index (χ1n) is 11.2. The number of nitrogens with zero attached hydrogens (tertiary/aromatic N) is 2. The molecule has 0 bridgehead atoms. The number of carbonyl (C=O) groups is 1. The monoisotopic (exact) mass is 491 g/mol. The van der Waals surface area contributed by atoms with Gasteiger partial charge in [-0.2, -0.15) is 13.2 Å². The SMILES string of the molecule is COc1cccc2c1CC(N1CCc3nc(-c4ccccc4F)[nH]c3C1)CC2.O=C(O)C(F)(F)F. The molecule has 1 aliphatic carbocycles. The van der Waals surface area contributed by atoms with E-state index in [4.69, 9.17) is 14.6 Å². The number of aryl methyl sites for hydroxylation is 1. The third-order valence-corrected chi connectivity index (χ3v) is 6.39. The second-order valence-corrected chi connectivity index (χ2v) is 8.51. The minimum atomic E-state index is -5.08. The van der Waals surface area contributed by atoms with Crippen molar-refractivity contribution in [2.75, 3.05) is 13.7 Å². The second-order valence-electron chi connectivity index (χ2n) is 8.51. The van der Waals surface area contributed by atoms with Crippen LogP contribution in [0.15, 0.2) is 42.5 Å². The molecule has 186 valence electrons. The van der Waals surface area contributed by atoms with Gasteiger partial charge in [0.05, 0.1) is 24.1 Å². The summed E-state index contributed by atoms with van der Waals surface area (Å²) in [5.74, 6) is -1.35. The molecule has 6 nitrogen and oxygen atoms in total. The number of fused-ring (bicyclic) bond motifs is 2. The molecule has 0 saturated carbocycles. The lowest BCUT2D eigenvalue weighted by molar-refractivity contribution is -0.192. The smallest absolute Gasteiger partial charge is 0.490 e. The first-order chi connectivity index (χ1) is 16.7. The molecular weight excluding hydrogens is 466 g/mol. The number of nitrogens with one attached hydrogen (secondary N) is 1. The Bertz CT molecular complexity index is 1190. The molecule has 10 heteroatoms. The zero-order chi connectivity index (χ0) is 25.2. The van der Waals surface area contributed by atoms with Gasteiger partial charge in [0.2, 0.25) is 0 Å². The molecule has 1 aliphatic heterocycles. The van der Waals surface area contributed by atoms with Crippen molar-refractivity contribution in [3.05, 3.63) is 70.8 Å². The molecule has 5 rings (SSSR count). The van der Waals surface area contributed by atoms with E-state index in [2.05, 4.69) is 33.1 Å². The molecule has 2 aromatic carbocycles. The summed E-state index contributed by atoms with van der Waals surface area (Å²) < 4.78 is 51.5. The molecule has 0 fully saturated rings. The van der Waals surface area contributed by atoms with Gasteiger partial charge in [0, 0.05) is 25.6 Å². The summed E-state index contributed by atoms with van der Waals surface area (Å²) in [6, 6.07) is 13.7. The number of aliphatic carboxylic acids is 1. The van der Waals surface area contributed by atoms with E-state index in [9.17, 15) is 17.6 Å². The van der Waals surface area contributed by atoms with Crippen LogP contribution in [-0.2, 0) is 30.6 Å². The quantitative estimate of drug-likeness (QED) is 0.516. The van der Waals surface area contributed by atoms with Crippen LogP contribution in [0, 0.1) is 5.82 Å². The molecule has 0 saturated heterocycles. The topological polar surface area (TPSA) is 78.5 Å². The van der Waals surface area contributed by atoms with Crippen LogP contribution in [0.1, 0.15) is 28.9 Å². The average Bonchev–Trinajstić information content (AvgIpc) is 3.26. The number of ether oxygens (including phenoxy) is 1. The molecule has 2 aliphatic rings. The van der Waals surface area contributed by atoms with E-state index in [1.807, 2.05) is 6.07 Å². The van der Waals surface area contributed by atoms with Gasteiger partial charge >= 0.3 is 12.1 Å². The van der Waals surface area contributed by atoms with Crippen molar-refractivity contribution in [2.24, 2.45) is 0 Å². The van der Waals surface area contributed by atoms with Gasteiger partial charge < -0.3 is 14.8 Å². The van der Waals surface area contributed by atoms with E-state index in [-0.39, 0.29) is 5.82 Å². The zero-order valence-electron chi connectivity index (χ0n) is 19.0. The van der Waals surface area contributed by atoms with Gasteiger partial charge in [-0.25, -0.2) is 14.2 Å². The van der Waals surface area contributed by atoms with Crippen molar-refractivity contribution in [3.63, 3.8) is 0 Å². The lowest BCUT2D eigenvalue weighted by Crippen LogP contribution is -2.42. The number of aromatic nitrogens is 2. The highest BCUT2D eigenvalue weighted by Gasteiger charge is 2.38. The van der Waals surface area contributed by atoms with Crippen LogP contribution in [0.2, 0.25) is 0 Å². The van der Waals surface area contributed by atoms with Crippen LogP contribution >= 0.6 is 0 Å². The normalized spacial score (nSPS) is 17.6. The number of aromatic amines is 1. The molecule has 35 heavy (non-hydrogen) atoms. The maximum absolute atomic E-state index is 14.1. The summed E-state index contributed by atoms with van der Waals surface area (Å²) in [6.07, 6.45) is -0.924. The number of imidazole rings is 1. The van der Waals surface area contributed by atoms with E-state index in [0.29, 0.717) is 17.4 Å². The summed E-state index contributed by atoms with van der Waals surface area (Å²) in [6.45, 7) is 1.83. The predicted octanol–water partition coefficient (Wildman–Crippen LogP) is 4.77. The molecule has 0 radical (unpaired) electrons. The summed E-state index contributed by atoms with van der Waals surface area (Å²) in [5, 5.41) is 7.12. The van der Waals surface area contributed by atoms with Crippen molar-refractivity contribution in [2.45, 2.75) is 44.4 Å². The van der Waals surface area contributed by atoms with E-state index in [1.54, 1.807) is 19.2 Å².